The van der Waals surface area contributed by atoms with Crippen LogP contribution in [-0.4, -0.2) is 51.6 Å². The van der Waals surface area contributed by atoms with Crippen LogP contribution in [0.1, 0.15) is 61.6 Å². The summed E-state index contributed by atoms with van der Waals surface area (Å²) in [5.74, 6) is 1.14. The van der Waals surface area contributed by atoms with Gasteiger partial charge in [0.2, 0.25) is 17.0 Å². The molecule has 204 valence electrons. The molecule has 39 heavy (non-hydrogen) atoms. The Kier molecular flexibility index (Phi) is 6.79. The van der Waals surface area contributed by atoms with Gasteiger partial charge in [-0.05, 0) is 83.5 Å². The molecule has 4 heterocycles. The monoisotopic (exact) mass is 549 g/mol. The zero-order valence-corrected chi connectivity index (χ0v) is 23.4. The molecule has 2 aliphatic carbocycles. The zero-order valence-electron chi connectivity index (χ0n) is 22.7. The van der Waals surface area contributed by atoms with Crippen LogP contribution in [0.25, 0.3) is 5.57 Å². The lowest BCUT2D eigenvalue weighted by Crippen LogP contribution is -2.39. The second kappa shape index (κ2) is 10.1. The normalized spacial score (nSPS) is 21.6. The van der Waals surface area contributed by atoms with Crippen molar-refractivity contribution in [3.8, 4) is 11.8 Å². The van der Waals surface area contributed by atoms with Crippen LogP contribution in [0.4, 0.5) is 4.39 Å². The largest absolute Gasteiger partial charge is 0.420 e. The number of carbonyl (C=O) groups is 1. The molecular weight excluding hydrogens is 517 g/mol. The summed E-state index contributed by atoms with van der Waals surface area (Å²) in [5.41, 5.74) is 10.1. The third-order valence-corrected chi connectivity index (χ3v) is 8.49. The molecule has 0 radical (unpaired) electrons. The number of alkyl halides is 1. The average molecular weight is 550 g/mol. The SMILES string of the molecule is C=C1CC2=C(C(=O)NC[C@@H]2C)C2=C1c1c(cnc(Oc3nc(Cl)nc4c3CN(C[C@@H](C)F)CC4)c1CC)CC2. The Morgan fingerprint density at radius 2 is 2.08 bits per heavy atom. The van der Waals surface area contributed by atoms with Gasteiger partial charge in [0.1, 0.15) is 6.17 Å². The highest BCUT2D eigenvalue weighted by atomic mass is 35.5. The van der Waals surface area contributed by atoms with Gasteiger partial charge in [-0.1, -0.05) is 20.4 Å². The van der Waals surface area contributed by atoms with Gasteiger partial charge in [0, 0.05) is 49.9 Å². The van der Waals surface area contributed by atoms with Crippen LogP contribution in [0.3, 0.4) is 0 Å². The van der Waals surface area contributed by atoms with Crippen LogP contribution in [0.15, 0.2) is 35.1 Å². The summed E-state index contributed by atoms with van der Waals surface area (Å²) in [4.78, 5) is 28.7. The summed E-state index contributed by atoms with van der Waals surface area (Å²) in [6.45, 7) is 12.5. The highest BCUT2D eigenvalue weighted by molar-refractivity contribution is 6.28. The van der Waals surface area contributed by atoms with E-state index >= 15 is 0 Å². The number of ether oxygens (including phenoxy) is 1. The Bertz CT molecular complexity index is 1460. The van der Waals surface area contributed by atoms with Crippen molar-refractivity contribution in [2.24, 2.45) is 5.92 Å². The van der Waals surface area contributed by atoms with E-state index in [0.29, 0.717) is 63.1 Å². The number of fused-ring (bicyclic) bond motifs is 4. The van der Waals surface area contributed by atoms with Crippen molar-refractivity contribution in [3.05, 3.63) is 68.3 Å². The molecule has 0 saturated heterocycles. The second-order valence-electron chi connectivity index (χ2n) is 11.0. The van der Waals surface area contributed by atoms with E-state index in [4.69, 9.17) is 21.3 Å². The molecule has 0 bridgehead atoms. The van der Waals surface area contributed by atoms with Crippen molar-refractivity contribution < 1.29 is 13.9 Å². The minimum absolute atomic E-state index is 0.0181. The summed E-state index contributed by atoms with van der Waals surface area (Å²) in [5, 5.41) is 3.19. The molecule has 0 fully saturated rings. The summed E-state index contributed by atoms with van der Waals surface area (Å²) < 4.78 is 20.2. The van der Waals surface area contributed by atoms with Crippen molar-refractivity contribution in [1.82, 2.24) is 25.2 Å². The minimum Gasteiger partial charge on any atom is -0.420 e. The predicted molar refractivity (Wildman–Crippen MR) is 148 cm³/mol. The first-order chi connectivity index (χ1) is 18.7. The van der Waals surface area contributed by atoms with Gasteiger partial charge in [0.05, 0.1) is 11.3 Å². The number of hydrogen-bond acceptors (Lipinski definition) is 6. The molecule has 6 rings (SSSR count). The van der Waals surface area contributed by atoms with Gasteiger partial charge in [-0.15, -0.1) is 0 Å². The molecule has 0 spiro atoms. The Labute approximate surface area is 233 Å². The Balaban J connectivity index is 1.44. The summed E-state index contributed by atoms with van der Waals surface area (Å²) >= 11 is 6.30. The van der Waals surface area contributed by atoms with E-state index in [1.165, 1.54) is 5.57 Å². The van der Waals surface area contributed by atoms with Crippen LogP contribution >= 0.6 is 11.6 Å². The number of halogens is 2. The Hall–Kier alpha value is -3.10. The third kappa shape index (κ3) is 4.57. The fourth-order valence-corrected chi connectivity index (χ4v) is 6.71. The fraction of sp³-hybridized carbons (Fsp3) is 0.467. The molecule has 2 aliphatic heterocycles. The highest BCUT2D eigenvalue weighted by Gasteiger charge is 2.37. The topological polar surface area (TPSA) is 80.2 Å². The molecule has 2 aromatic heterocycles. The molecule has 2 atom stereocenters. The van der Waals surface area contributed by atoms with Crippen molar-refractivity contribution >= 4 is 23.1 Å². The van der Waals surface area contributed by atoms with Crippen LogP contribution in [-0.2, 0) is 30.6 Å². The van der Waals surface area contributed by atoms with Gasteiger partial charge in [-0.25, -0.2) is 14.4 Å². The molecule has 2 aromatic rings. The fourth-order valence-electron chi connectivity index (χ4n) is 6.53. The van der Waals surface area contributed by atoms with Crippen molar-refractivity contribution in [2.75, 3.05) is 19.6 Å². The number of aromatic nitrogens is 3. The third-order valence-electron chi connectivity index (χ3n) is 8.32. The lowest BCUT2D eigenvalue weighted by atomic mass is 9.69. The second-order valence-corrected chi connectivity index (χ2v) is 11.4. The summed E-state index contributed by atoms with van der Waals surface area (Å²) in [7, 11) is 0. The van der Waals surface area contributed by atoms with Gasteiger partial charge in [-0.3, -0.25) is 9.69 Å². The van der Waals surface area contributed by atoms with Gasteiger partial charge >= 0.3 is 0 Å². The number of aryl methyl sites for hydroxylation is 1. The van der Waals surface area contributed by atoms with Crippen molar-refractivity contribution in [1.29, 1.82) is 0 Å². The minimum atomic E-state index is -0.936. The molecule has 7 nitrogen and oxygen atoms in total. The van der Waals surface area contributed by atoms with E-state index in [1.54, 1.807) is 6.92 Å². The molecule has 0 aromatic carbocycles. The van der Waals surface area contributed by atoms with Crippen molar-refractivity contribution in [3.63, 3.8) is 0 Å². The molecule has 9 heteroatoms. The lowest BCUT2D eigenvalue weighted by molar-refractivity contribution is -0.118. The van der Waals surface area contributed by atoms with Crippen LogP contribution in [0.5, 0.6) is 11.8 Å². The van der Waals surface area contributed by atoms with Crippen LogP contribution in [0.2, 0.25) is 5.28 Å². The first-order valence-corrected chi connectivity index (χ1v) is 14.2. The maximum atomic E-state index is 13.8. The van der Waals surface area contributed by atoms with E-state index < -0.39 is 6.17 Å². The summed E-state index contributed by atoms with van der Waals surface area (Å²) in [6.07, 6.45) is 4.54. The van der Waals surface area contributed by atoms with Crippen molar-refractivity contribution in [2.45, 2.75) is 65.6 Å². The summed E-state index contributed by atoms with van der Waals surface area (Å²) in [6, 6.07) is 0. The number of amides is 1. The quantitative estimate of drug-likeness (QED) is 0.509. The highest BCUT2D eigenvalue weighted by Crippen LogP contribution is 2.49. The number of allylic oxidation sites excluding steroid dienone is 2. The van der Waals surface area contributed by atoms with E-state index in [-0.39, 0.29) is 11.2 Å². The number of carbonyl (C=O) groups excluding carboxylic acids is 1. The standard InChI is InChI=1S/C30H33ClFN5O2/c1-5-19-25-18(6-7-20-24(25)15(2)10-21-16(3)11-33-27(38)26(20)21)12-34-28(19)39-29-22-14-37(13-17(4)32)9-8-23(22)35-30(31)36-29/h12,16-17H,2,5-11,13-14H2,1,3-4H3,(H,33,38)/t16-,17+/m0/s1. The van der Waals surface area contributed by atoms with Gasteiger partial charge < -0.3 is 10.1 Å². The molecule has 0 unspecified atom stereocenters. The Morgan fingerprint density at radius 1 is 1.26 bits per heavy atom. The van der Waals surface area contributed by atoms with E-state index in [2.05, 4.69) is 35.7 Å². The average Bonchev–Trinajstić information content (AvgIpc) is 2.90. The number of nitrogens with one attached hydrogen (secondary N) is 1. The van der Waals surface area contributed by atoms with Gasteiger partial charge in [0.25, 0.3) is 5.91 Å². The smallest absolute Gasteiger partial charge is 0.251 e. The molecule has 0 saturated carbocycles. The molecule has 1 amide bonds. The van der Waals surface area contributed by atoms with Crippen LogP contribution in [0, 0.1) is 5.92 Å². The van der Waals surface area contributed by atoms with E-state index in [1.807, 2.05) is 11.1 Å². The van der Waals surface area contributed by atoms with E-state index in [9.17, 15) is 9.18 Å². The van der Waals surface area contributed by atoms with Crippen LogP contribution < -0.4 is 10.1 Å². The molecular formula is C30H33ClFN5O2. The predicted octanol–water partition coefficient (Wildman–Crippen LogP) is 5.32. The Morgan fingerprint density at radius 3 is 2.85 bits per heavy atom. The zero-order chi connectivity index (χ0) is 27.4. The first-order valence-electron chi connectivity index (χ1n) is 13.8. The van der Waals surface area contributed by atoms with Gasteiger partial charge in [0.15, 0.2) is 0 Å². The van der Waals surface area contributed by atoms with E-state index in [0.717, 1.165) is 63.1 Å². The number of hydrogen-bond donors (Lipinski definition) is 1. The number of pyridine rings is 1. The number of nitrogens with zero attached hydrogens (tertiary/aromatic N) is 4. The first kappa shape index (κ1) is 26.1. The maximum absolute atomic E-state index is 13.8. The molecule has 1 N–H and O–H groups in total. The molecule has 4 aliphatic rings. The maximum Gasteiger partial charge on any atom is 0.251 e. The number of rotatable bonds is 5. The van der Waals surface area contributed by atoms with Gasteiger partial charge in [-0.2, -0.15) is 4.98 Å². The lowest BCUT2D eigenvalue weighted by Gasteiger charge is -2.37.